The number of hydrogen-bond donors (Lipinski definition) is 2. The van der Waals surface area contributed by atoms with Crippen LogP contribution in [0.2, 0.25) is 0 Å². The molecule has 15 heavy (non-hydrogen) atoms. The van der Waals surface area contributed by atoms with Crippen LogP contribution >= 0.6 is 12.2 Å². The van der Waals surface area contributed by atoms with E-state index >= 15 is 0 Å². The first-order valence-electron chi connectivity index (χ1n) is 4.25. The van der Waals surface area contributed by atoms with Gasteiger partial charge in [-0.3, -0.25) is 10.1 Å². The lowest BCUT2D eigenvalue weighted by Crippen LogP contribution is -2.39. The first kappa shape index (κ1) is 11.1. The molecule has 1 rings (SSSR count). The molecule has 0 unspecified atom stereocenters. The van der Waals surface area contributed by atoms with Gasteiger partial charge in [-0.25, -0.2) is 0 Å². The molecule has 0 radical (unpaired) electrons. The van der Waals surface area contributed by atoms with E-state index in [0.717, 1.165) is 0 Å². The second kappa shape index (κ2) is 5.73. The zero-order chi connectivity index (χ0) is 11.1. The largest absolute Gasteiger partial charge is 0.349 e. The zero-order valence-corrected chi connectivity index (χ0v) is 8.67. The quantitative estimate of drug-likeness (QED) is 0.571. The molecule has 1 amide bonds. The number of hydrogen-bond acceptors (Lipinski definition) is 3. The molecule has 0 aliphatic heterocycles. The first-order valence-corrected chi connectivity index (χ1v) is 4.66. The fourth-order valence-electron chi connectivity index (χ4n) is 0.929. The van der Waals surface area contributed by atoms with Crippen LogP contribution in [0.3, 0.4) is 0 Å². The standard InChI is InChI=1S/C10H9N3OS/c11-6-7-12-10(15)13-9(14)8-4-2-1-3-5-8/h1-5H,7H2,(H2,12,13,14,15). The summed E-state index contributed by atoms with van der Waals surface area (Å²) in [5.74, 6) is -0.286. The first-order chi connectivity index (χ1) is 7.24. The third-order valence-corrected chi connectivity index (χ3v) is 1.84. The van der Waals surface area contributed by atoms with Crippen molar-refractivity contribution in [1.82, 2.24) is 10.6 Å². The van der Waals surface area contributed by atoms with E-state index in [2.05, 4.69) is 10.6 Å². The number of amides is 1. The average Bonchev–Trinajstić information content (AvgIpc) is 2.27. The molecule has 0 saturated carbocycles. The van der Waals surface area contributed by atoms with Crippen LogP contribution in [0.15, 0.2) is 30.3 Å². The Balaban J connectivity index is 2.50. The highest BCUT2D eigenvalue weighted by atomic mass is 32.1. The molecule has 0 saturated heterocycles. The monoisotopic (exact) mass is 219 g/mol. The van der Waals surface area contributed by atoms with E-state index in [4.69, 9.17) is 17.5 Å². The van der Waals surface area contributed by atoms with Gasteiger partial charge in [-0.2, -0.15) is 5.26 Å². The van der Waals surface area contributed by atoms with Crippen molar-refractivity contribution in [3.05, 3.63) is 35.9 Å². The van der Waals surface area contributed by atoms with Crippen molar-refractivity contribution in [2.75, 3.05) is 6.54 Å². The average molecular weight is 219 g/mol. The smallest absolute Gasteiger partial charge is 0.257 e. The van der Waals surface area contributed by atoms with Gasteiger partial charge in [-0.05, 0) is 24.4 Å². The lowest BCUT2D eigenvalue weighted by atomic mass is 10.2. The van der Waals surface area contributed by atoms with E-state index in [9.17, 15) is 4.79 Å². The van der Waals surface area contributed by atoms with Gasteiger partial charge in [-0.15, -0.1) is 0 Å². The molecule has 4 nitrogen and oxygen atoms in total. The van der Waals surface area contributed by atoms with Crippen molar-refractivity contribution in [3.8, 4) is 6.07 Å². The van der Waals surface area contributed by atoms with E-state index < -0.39 is 0 Å². The normalized spacial score (nSPS) is 8.73. The van der Waals surface area contributed by atoms with E-state index in [-0.39, 0.29) is 17.6 Å². The Bertz CT molecular complexity index is 397. The van der Waals surface area contributed by atoms with E-state index in [1.807, 2.05) is 12.1 Å². The maximum absolute atomic E-state index is 11.5. The maximum Gasteiger partial charge on any atom is 0.257 e. The fourth-order valence-corrected chi connectivity index (χ4v) is 1.09. The summed E-state index contributed by atoms with van der Waals surface area (Å²) in [5.41, 5.74) is 0.526. The van der Waals surface area contributed by atoms with Gasteiger partial charge in [0.15, 0.2) is 5.11 Å². The molecule has 2 N–H and O–H groups in total. The third-order valence-electron chi connectivity index (χ3n) is 1.59. The number of carbonyl (C=O) groups is 1. The van der Waals surface area contributed by atoms with Crippen molar-refractivity contribution in [3.63, 3.8) is 0 Å². The number of nitrogens with zero attached hydrogens (tertiary/aromatic N) is 1. The molecule has 0 heterocycles. The lowest BCUT2D eigenvalue weighted by molar-refractivity contribution is 0.0977. The molecule has 1 aromatic rings. The summed E-state index contributed by atoms with van der Waals surface area (Å²) in [6.07, 6.45) is 0. The lowest BCUT2D eigenvalue weighted by Gasteiger charge is -2.06. The van der Waals surface area contributed by atoms with Gasteiger partial charge in [0, 0.05) is 5.56 Å². The van der Waals surface area contributed by atoms with Crippen molar-refractivity contribution >= 4 is 23.2 Å². The third kappa shape index (κ3) is 3.75. The second-order valence-electron chi connectivity index (χ2n) is 2.66. The van der Waals surface area contributed by atoms with Crippen LogP contribution in [-0.4, -0.2) is 17.6 Å². The SMILES string of the molecule is N#CCNC(=S)NC(=O)c1ccccc1. The minimum atomic E-state index is -0.286. The summed E-state index contributed by atoms with van der Waals surface area (Å²) in [4.78, 5) is 11.5. The van der Waals surface area contributed by atoms with Crippen molar-refractivity contribution in [2.24, 2.45) is 0 Å². The van der Waals surface area contributed by atoms with Crippen molar-refractivity contribution < 1.29 is 4.79 Å². The highest BCUT2D eigenvalue weighted by Crippen LogP contribution is 1.97. The van der Waals surface area contributed by atoms with Crippen LogP contribution in [0.4, 0.5) is 0 Å². The number of thiocarbonyl (C=S) groups is 1. The highest BCUT2D eigenvalue weighted by Gasteiger charge is 2.05. The van der Waals surface area contributed by atoms with Gasteiger partial charge in [0.2, 0.25) is 0 Å². The van der Waals surface area contributed by atoms with Gasteiger partial charge in [-0.1, -0.05) is 18.2 Å². The Morgan fingerprint density at radius 3 is 2.67 bits per heavy atom. The van der Waals surface area contributed by atoms with Crippen LogP contribution < -0.4 is 10.6 Å². The van der Waals surface area contributed by atoms with Crippen molar-refractivity contribution in [1.29, 1.82) is 5.26 Å². The van der Waals surface area contributed by atoms with E-state index in [1.165, 1.54) is 0 Å². The Morgan fingerprint density at radius 1 is 1.40 bits per heavy atom. The molecular formula is C10H9N3OS. The van der Waals surface area contributed by atoms with Crippen LogP contribution in [0.25, 0.3) is 0 Å². The van der Waals surface area contributed by atoms with Gasteiger partial charge in [0.1, 0.15) is 6.54 Å². The predicted octanol–water partition coefficient (Wildman–Crippen LogP) is 0.814. The maximum atomic E-state index is 11.5. The van der Waals surface area contributed by atoms with Gasteiger partial charge >= 0.3 is 0 Å². The number of benzene rings is 1. The van der Waals surface area contributed by atoms with Gasteiger partial charge in [0.25, 0.3) is 5.91 Å². The Morgan fingerprint density at radius 2 is 2.07 bits per heavy atom. The van der Waals surface area contributed by atoms with Crippen LogP contribution in [0.5, 0.6) is 0 Å². The second-order valence-corrected chi connectivity index (χ2v) is 3.07. The summed E-state index contributed by atoms with van der Waals surface area (Å²) in [5, 5.41) is 13.5. The number of rotatable bonds is 2. The molecule has 1 aromatic carbocycles. The zero-order valence-electron chi connectivity index (χ0n) is 7.86. The Labute approximate surface area is 92.9 Å². The molecule has 0 fully saturated rings. The number of nitriles is 1. The molecule has 0 spiro atoms. The molecule has 76 valence electrons. The minimum absolute atomic E-state index is 0.0773. The molecule has 0 aromatic heterocycles. The van der Waals surface area contributed by atoms with Gasteiger partial charge in [0.05, 0.1) is 6.07 Å². The summed E-state index contributed by atoms with van der Waals surface area (Å²) < 4.78 is 0. The number of carbonyl (C=O) groups excluding carboxylic acids is 1. The van der Waals surface area contributed by atoms with Crippen LogP contribution in [0, 0.1) is 11.3 Å². The van der Waals surface area contributed by atoms with Gasteiger partial charge < -0.3 is 5.32 Å². The number of nitrogens with one attached hydrogen (secondary N) is 2. The summed E-state index contributed by atoms with van der Waals surface area (Å²) in [6.45, 7) is 0.0773. The minimum Gasteiger partial charge on any atom is -0.349 e. The Hall–Kier alpha value is -1.93. The summed E-state index contributed by atoms with van der Waals surface area (Å²) in [6, 6.07) is 10.6. The van der Waals surface area contributed by atoms with Crippen LogP contribution in [-0.2, 0) is 0 Å². The fraction of sp³-hybridized carbons (Fsp3) is 0.100. The van der Waals surface area contributed by atoms with Crippen LogP contribution in [0.1, 0.15) is 10.4 Å². The Kier molecular flexibility index (Phi) is 4.26. The van der Waals surface area contributed by atoms with Crippen molar-refractivity contribution in [2.45, 2.75) is 0 Å². The topological polar surface area (TPSA) is 64.9 Å². The molecule has 0 atom stereocenters. The molecule has 0 aliphatic rings. The highest BCUT2D eigenvalue weighted by molar-refractivity contribution is 7.80. The van der Waals surface area contributed by atoms with E-state index in [0.29, 0.717) is 5.56 Å². The van der Waals surface area contributed by atoms with E-state index in [1.54, 1.807) is 24.3 Å². The molecule has 5 heteroatoms. The predicted molar refractivity (Wildman–Crippen MR) is 60.1 cm³/mol. The molecular weight excluding hydrogens is 210 g/mol. The molecule has 0 aliphatic carbocycles. The summed E-state index contributed by atoms with van der Waals surface area (Å²) >= 11 is 4.80. The summed E-state index contributed by atoms with van der Waals surface area (Å²) in [7, 11) is 0. The molecule has 0 bridgehead atoms.